The predicted octanol–water partition coefficient (Wildman–Crippen LogP) is 4.17. The number of rotatable bonds is 2. The molecule has 0 amide bonds. The molecule has 102 valence electrons. The van der Waals surface area contributed by atoms with E-state index in [2.05, 4.69) is 4.98 Å². The molecule has 2 N–H and O–H groups in total. The van der Waals surface area contributed by atoms with Crippen LogP contribution in [0.15, 0.2) is 42.6 Å². The Labute approximate surface area is 118 Å². The third-order valence-electron chi connectivity index (χ3n) is 3.05. The van der Waals surface area contributed by atoms with E-state index >= 15 is 0 Å². The van der Waals surface area contributed by atoms with Gasteiger partial charge in [0.15, 0.2) is 5.65 Å². The highest BCUT2D eigenvalue weighted by Crippen LogP contribution is 2.31. The SMILES string of the molecule is Nc1c(-c2cccc(C(F)F)c2)nc2c(Cl)cccn12. The van der Waals surface area contributed by atoms with E-state index in [0.29, 0.717) is 27.7 Å². The first-order valence-electron chi connectivity index (χ1n) is 5.88. The molecule has 0 aliphatic rings. The fourth-order valence-electron chi connectivity index (χ4n) is 2.09. The maximum Gasteiger partial charge on any atom is 0.263 e. The number of nitrogens with two attached hydrogens (primary N) is 1. The zero-order valence-electron chi connectivity index (χ0n) is 10.2. The zero-order chi connectivity index (χ0) is 14.3. The van der Waals surface area contributed by atoms with Gasteiger partial charge in [0.05, 0.1) is 5.02 Å². The first kappa shape index (κ1) is 12.9. The standard InChI is InChI=1S/C14H10ClF2N3/c15-10-5-2-6-20-13(18)11(19-14(10)20)8-3-1-4-9(7-8)12(16)17/h1-7,12H,18H2. The van der Waals surface area contributed by atoms with Crippen LogP contribution in [0.4, 0.5) is 14.6 Å². The second kappa shape index (κ2) is 4.76. The molecule has 0 aliphatic heterocycles. The number of nitrogens with zero attached hydrogens (tertiary/aromatic N) is 2. The van der Waals surface area contributed by atoms with Gasteiger partial charge in [0.25, 0.3) is 6.43 Å². The summed E-state index contributed by atoms with van der Waals surface area (Å²) in [6.07, 6.45) is -0.805. The topological polar surface area (TPSA) is 43.3 Å². The van der Waals surface area contributed by atoms with Gasteiger partial charge in [-0.25, -0.2) is 13.8 Å². The van der Waals surface area contributed by atoms with Crippen molar-refractivity contribution in [2.75, 3.05) is 5.73 Å². The third-order valence-corrected chi connectivity index (χ3v) is 3.35. The molecule has 0 saturated heterocycles. The van der Waals surface area contributed by atoms with Crippen LogP contribution in [0.5, 0.6) is 0 Å². The third kappa shape index (κ3) is 2.00. The minimum atomic E-state index is -2.53. The number of benzene rings is 1. The van der Waals surface area contributed by atoms with Crippen LogP contribution in [0.2, 0.25) is 5.02 Å². The van der Waals surface area contributed by atoms with Crippen LogP contribution >= 0.6 is 11.6 Å². The number of alkyl halides is 2. The first-order valence-corrected chi connectivity index (χ1v) is 6.26. The average molecular weight is 294 g/mol. The Hall–Kier alpha value is -2.14. The van der Waals surface area contributed by atoms with Gasteiger partial charge in [0.1, 0.15) is 11.5 Å². The summed E-state index contributed by atoms with van der Waals surface area (Å²) in [5.74, 6) is 0.369. The molecule has 20 heavy (non-hydrogen) atoms. The molecule has 0 aliphatic carbocycles. The molecule has 0 fully saturated rings. The summed E-state index contributed by atoms with van der Waals surface area (Å²) in [5, 5.41) is 0.454. The van der Waals surface area contributed by atoms with E-state index in [-0.39, 0.29) is 5.56 Å². The van der Waals surface area contributed by atoms with Crippen molar-refractivity contribution in [3.05, 3.63) is 53.2 Å². The monoisotopic (exact) mass is 293 g/mol. The number of hydrogen-bond acceptors (Lipinski definition) is 2. The molecule has 2 heterocycles. The lowest BCUT2D eigenvalue weighted by molar-refractivity contribution is 0.151. The Kier molecular flexibility index (Phi) is 3.06. The van der Waals surface area contributed by atoms with Gasteiger partial charge in [-0.2, -0.15) is 0 Å². The van der Waals surface area contributed by atoms with Crippen molar-refractivity contribution < 1.29 is 8.78 Å². The molecule has 6 heteroatoms. The van der Waals surface area contributed by atoms with E-state index in [4.69, 9.17) is 17.3 Å². The van der Waals surface area contributed by atoms with Crippen molar-refractivity contribution in [2.24, 2.45) is 0 Å². The highest BCUT2D eigenvalue weighted by Gasteiger charge is 2.15. The van der Waals surface area contributed by atoms with Crippen molar-refractivity contribution in [2.45, 2.75) is 6.43 Å². The van der Waals surface area contributed by atoms with Gasteiger partial charge in [0, 0.05) is 17.3 Å². The maximum atomic E-state index is 12.8. The van der Waals surface area contributed by atoms with Crippen molar-refractivity contribution in [1.29, 1.82) is 0 Å². The summed E-state index contributed by atoms with van der Waals surface area (Å²) in [7, 11) is 0. The van der Waals surface area contributed by atoms with Crippen LogP contribution in [-0.4, -0.2) is 9.38 Å². The predicted molar refractivity (Wildman–Crippen MR) is 75.0 cm³/mol. The maximum absolute atomic E-state index is 12.8. The molecule has 0 atom stereocenters. The van der Waals surface area contributed by atoms with Crippen LogP contribution in [0.3, 0.4) is 0 Å². The van der Waals surface area contributed by atoms with E-state index in [1.165, 1.54) is 12.1 Å². The molecule has 0 unspecified atom stereocenters. The lowest BCUT2D eigenvalue weighted by Crippen LogP contribution is -1.94. The summed E-state index contributed by atoms with van der Waals surface area (Å²) < 4.78 is 27.1. The molecule has 3 aromatic rings. The molecule has 3 rings (SSSR count). The highest BCUT2D eigenvalue weighted by molar-refractivity contribution is 6.33. The van der Waals surface area contributed by atoms with E-state index in [9.17, 15) is 8.78 Å². The quantitative estimate of drug-likeness (QED) is 0.770. The number of aromatic nitrogens is 2. The van der Waals surface area contributed by atoms with Crippen molar-refractivity contribution in [3.63, 3.8) is 0 Å². The summed E-state index contributed by atoms with van der Waals surface area (Å²) in [6, 6.07) is 9.44. The molecular formula is C14H10ClF2N3. The summed E-state index contributed by atoms with van der Waals surface area (Å²) in [4.78, 5) is 4.34. The van der Waals surface area contributed by atoms with Crippen molar-refractivity contribution in [1.82, 2.24) is 9.38 Å². The average Bonchev–Trinajstić information content (AvgIpc) is 2.78. The Morgan fingerprint density at radius 3 is 2.70 bits per heavy atom. The second-order valence-corrected chi connectivity index (χ2v) is 4.73. The Bertz CT molecular complexity index is 783. The van der Waals surface area contributed by atoms with Gasteiger partial charge in [-0.1, -0.05) is 29.8 Å². The van der Waals surface area contributed by atoms with Crippen LogP contribution in [0.1, 0.15) is 12.0 Å². The number of pyridine rings is 1. The van der Waals surface area contributed by atoms with Crippen molar-refractivity contribution >= 4 is 23.1 Å². The number of nitrogen functional groups attached to an aromatic ring is 1. The number of halogens is 3. The first-order chi connectivity index (χ1) is 9.58. The lowest BCUT2D eigenvalue weighted by Gasteiger charge is -2.03. The fourth-order valence-corrected chi connectivity index (χ4v) is 2.29. The molecule has 3 nitrogen and oxygen atoms in total. The van der Waals surface area contributed by atoms with E-state index in [1.54, 1.807) is 34.9 Å². The molecular weight excluding hydrogens is 284 g/mol. The normalized spacial score (nSPS) is 11.4. The van der Waals surface area contributed by atoms with Gasteiger partial charge in [-0.15, -0.1) is 0 Å². The molecule has 0 radical (unpaired) electrons. The molecule has 2 aromatic heterocycles. The molecule has 0 saturated carbocycles. The van der Waals surface area contributed by atoms with Gasteiger partial charge >= 0.3 is 0 Å². The van der Waals surface area contributed by atoms with Crippen LogP contribution < -0.4 is 5.73 Å². The van der Waals surface area contributed by atoms with Crippen LogP contribution in [-0.2, 0) is 0 Å². The zero-order valence-corrected chi connectivity index (χ0v) is 11.0. The Morgan fingerprint density at radius 2 is 2.00 bits per heavy atom. The number of imidazole rings is 1. The molecule has 0 spiro atoms. The summed E-state index contributed by atoms with van der Waals surface area (Å²) in [5.41, 5.74) is 7.45. The Morgan fingerprint density at radius 1 is 1.20 bits per heavy atom. The number of hydrogen-bond donors (Lipinski definition) is 1. The van der Waals surface area contributed by atoms with E-state index in [1.807, 2.05) is 0 Å². The lowest BCUT2D eigenvalue weighted by atomic mass is 10.1. The van der Waals surface area contributed by atoms with Gasteiger partial charge < -0.3 is 5.73 Å². The molecule has 0 bridgehead atoms. The van der Waals surface area contributed by atoms with Crippen LogP contribution in [0.25, 0.3) is 16.9 Å². The summed E-state index contributed by atoms with van der Waals surface area (Å²) >= 11 is 6.05. The summed E-state index contributed by atoms with van der Waals surface area (Å²) in [6.45, 7) is 0. The fraction of sp³-hybridized carbons (Fsp3) is 0.0714. The Balaban J connectivity index is 2.22. The van der Waals surface area contributed by atoms with Crippen molar-refractivity contribution in [3.8, 4) is 11.3 Å². The minimum absolute atomic E-state index is 0.0648. The minimum Gasteiger partial charge on any atom is -0.383 e. The van der Waals surface area contributed by atoms with Gasteiger partial charge in [-0.05, 0) is 18.2 Å². The van der Waals surface area contributed by atoms with Gasteiger partial charge in [0.2, 0.25) is 0 Å². The van der Waals surface area contributed by atoms with E-state index < -0.39 is 6.43 Å². The smallest absolute Gasteiger partial charge is 0.263 e. The highest BCUT2D eigenvalue weighted by atomic mass is 35.5. The largest absolute Gasteiger partial charge is 0.383 e. The van der Waals surface area contributed by atoms with E-state index in [0.717, 1.165) is 0 Å². The van der Waals surface area contributed by atoms with Crippen LogP contribution in [0, 0.1) is 0 Å². The number of fused-ring (bicyclic) bond motifs is 1. The van der Waals surface area contributed by atoms with Gasteiger partial charge in [-0.3, -0.25) is 4.40 Å². The number of anilines is 1. The second-order valence-electron chi connectivity index (χ2n) is 4.32. The molecule has 1 aromatic carbocycles.